The van der Waals surface area contributed by atoms with Gasteiger partial charge in [-0.2, -0.15) is 10.2 Å². The highest BCUT2D eigenvalue weighted by atomic mass is 32.1. The summed E-state index contributed by atoms with van der Waals surface area (Å²) in [6.45, 7) is 3.11. The van der Waals surface area contributed by atoms with Crippen LogP contribution in [0.3, 0.4) is 0 Å². The lowest BCUT2D eigenvalue weighted by Crippen LogP contribution is -2.23. The van der Waals surface area contributed by atoms with Crippen LogP contribution in [-0.4, -0.2) is 34.7 Å². The smallest absolute Gasteiger partial charge is 0.265 e. The van der Waals surface area contributed by atoms with Gasteiger partial charge in [0.1, 0.15) is 10.7 Å². The monoisotopic (exact) mass is 292 g/mol. The number of nitrogen functional groups attached to an aromatic ring is 1. The van der Waals surface area contributed by atoms with Crippen molar-refractivity contribution in [2.75, 3.05) is 24.2 Å². The number of aromatic nitrogens is 3. The molecule has 0 atom stereocenters. The van der Waals surface area contributed by atoms with E-state index in [0.29, 0.717) is 17.1 Å². The summed E-state index contributed by atoms with van der Waals surface area (Å²) in [6, 6.07) is 3.56. The first kappa shape index (κ1) is 14.2. The highest BCUT2D eigenvalue weighted by molar-refractivity contribution is 7.18. The Balaban J connectivity index is 2.04. The average Bonchev–Trinajstić information content (AvgIpc) is 2.87. The molecule has 2 aromatic heterocycles. The van der Waals surface area contributed by atoms with Gasteiger partial charge in [-0.05, 0) is 19.1 Å². The topological polar surface area (TPSA) is 97.0 Å². The standard InChI is InChI=1S/C12H16N6OS/c1-3-18(2)12-16-10(13)9(20-12)11(19)14-7-8-5-4-6-15-17-8/h4-6H,3,7,13H2,1-2H3,(H,14,19). The quantitative estimate of drug-likeness (QED) is 0.850. The number of hydrogen-bond acceptors (Lipinski definition) is 7. The Bertz CT molecular complexity index is 585. The zero-order valence-electron chi connectivity index (χ0n) is 11.3. The molecule has 0 radical (unpaired) electrons. The number of hydrogen-bond donors (Lipinski definition) is 2. The number of carbonyl (C=O) groups is 1. The Kier molecular flexibility index (Phi) is 4.46. The molecule has 0 fully saturated rings. The minimum absolute atomic E-state index is 0.249. The number of nitrogens with two attached hydrogens (primary N) is 1. The normalized spacial score (nSPS) is 10.3. The number of nitrogens with one attached hydrogen (secondary N) is 1. The summed E-state index contributed by atoms with van der Waals surface area (Å²) in [5.41, 5.74) is 6.48. The Morgan fingerprint density at radius 1 is 1.55 bits per heavy atom. The van der Waals surface area contributed by atoms with Crippen molar-refractivity contribution in [3.8, 4) is 0 Å². The van der Waals surface area contributed by atoms with Gasteiger partial charge >= 0.3 is 0 Å². The van der Waals surface area contributed by atoms with E-state index in [1.54, 1.807) is 18.3 Å². The molecule has 1 amide bonds. The van der Waals surface area contributed by atoms with E-state index in [9.17, 15) is 4.79 Å². The molecule has 8 heteroatoms. The molecule has 0 spiro atoms. The van der Waals surface area contributed by atoms with Crippen LogP contribution in [0.1, 0.15) is 22.3 Å². The van der Waals surface area contributed by atoms with Crippen LogP contribution < -0.4 is 16.0 Å². The molecule has 0 aliphatic carbocycles. The zero-order valence-corrected chi connectivity index (χ0v) is 12.1. The van der Waals surface area contributed by atoms with Crippen LogP contribution in [0.25, 0.3) is 0 Å². The fraction of sp³-hybridized carbons (Fsp3) is 0.333. The van der Waals surface area contributed by atoms with Crippen molar-refractivity contribution in [1.82, 2.24) is 20.5 Å². The van der Waals surface area contributed by atoms with Crippen molar-refractivity contribution in [2.45, 2.75) is 13.5 Å². The van der Waals surface area contributed by atoms with Crippen molar-refractivity contribution in [1.29, 1.82) is 0 Å². The maximum Gasteiger partial charge on any atom is 0.265 e. The Labute approximate surface area is 120 Å². The van der Waals surface area contributed by atoms with Gasteiger partial charge in [-0.1, -0.05) is 11.3 Å². The van der Waals surface area contributed by atoms with Crippen LogP contribution in [0.2, 0.25) is 0 Å². The minimum Gasteiger partial charge on any atom is -0.382 e. The van der Waals surface area contributed by atoms with Crippen LogP contribution in [0, 0.1) is 0 Å². The molecular formula is C12H16N6OS. The Morgan fingerprint density at radius 3 is 3.00 bits per heavy atom. The molecule has 2 rings (SSSR count). The number of carbonyl (C=O) groups excluding carboxylic acids is 1. The SMILES string of the molecule is CCN(C)c1nc(N)c(C(=O)NCc2cccnn2)s1. The molecule has 0 aliphatic rings. The van der Waals surface area contributed by atoms with Crippen LogP contribution in [0.5, 0.6) is 0 Å². The van der Waals surface area contributed by atoms with Crippen molar-refractivity contribution < 1.29 is 4.79 Å². The molecule has 0 saturated carbocycles. The summed E-state index contributed by atoms with van der Waals surface area (Å²) in [6.07, 6.45) is 1.58. The molecule has 2 aromatic rings. The summed E-state index contributed by atoms with van der Waals surface area (Å²) in [7, 11) is 1.90. The number of thiazole rings is 1. The molecule has 0 unspecified atom stereocenters. The van der Waals surface area contributed by atoms with Gasteiger partial charge < -0.3 is 16.0 Å². The van der Waals surface area contributed by atoms with Crippen LogP contribution >= 0.6 is 11.3 Å². The first-order valence-corrected chi connectivity index (χ1v) is 6.95. The molecule has 3 N–H and O–H groups in total. The van der Waals surface area contributed by atoms with Gasteiger partial charge in [0.05, 0.1) is 12.2 Å². The largest absolute Gasteiger partial charge is 0.382 e. The number of anilines is 2. The lowest BCUT2D eigenvalue weighted by Gasteiger charge is -2.10. The fourth-order valence-electron chi connectivity index (χ4n) is 1.46. The molecule has 0 bridgehead atoms. The van der Waals surface area contributed by atoms with Gasteiger partial charge in [-0.3, -0.25) is 4.79 Å². The predicted molar refractivity (Wildman–Crippen MR) is 78.7 cm³/mol. The van der Waals surface area contributed by atoms with E-state index in [1.807, 2.05) is 18.9 Å². The van der Waals surface area contributed by atoms with E-state index in [0.717, 1.165) is 11.7 Å². The maximum absolute atomic E-state index is 12.1. The van der Waals surface area contributed by atoms with E-state index in [4.69, 9.17) is 5.73 Å². The van der Waals surface area contributed by atoms with Crippen LogP contribution in [0.15, 0.2) is 18.3 Å². The number of rotatable bonds is 5. The third-order valence-corrected chi connectivity index (χ3v) is 3.89. The molecular weight excluding hydrogens is 276 g/mol. The highest BCUT2D eigenvalue weighted by Crippen LogP contribution is 2.27. The molecule has 7 nitrogen and oxygen atoms in total. The summed E-state index contributed by atoms with van der Waals surface area (Å²) in [5.74, 6) is 0.00310. The van der Waals surface area contributed by atoms with E-state index in [2.05, 4.69) is 20.5 Å². The lowest BCUT2D eigenvalue weighted by molar-refractivity contribution is 0.0955. The Morgan fingerprint density at radius 2 is 2.35 bits per heavy atom. The third kappa shape index (κ3) is 3.21. The molecule has 2 heterocycles. The van der Waals surface area contributed by atoms with Crippen LogP contribution in [0.4, 0.5) is 10.9 Å². The first-order valence-electron chi connectivity index (χ1n) is 6.14. The number of amides is 1. The van der Waals surface area contributed by atoms with E-state index in [1.165, 1.54) is 11.3 Å². The van der Waals surface area contributed by atoms with Crippen molar-refractivity contribution >= 4 is 28.2 Å². The molecule has 0 saturated heterocycles. The second-order valence-corrected chi connectivity index (χ2v) is 5.10. The summed E-state index contributed by atoms with van der Waals surface area (Å²) < 4.78 is 0. The Hall–Kier alpha value is -2.22. The third-order valence-electron chi connectivity index (χ3n) is 2.71. The second kappa shape index (κ2) is 6.29. The highest BCUT2D eigenvalue weighted by Gasteiger charge is 2.17. The van der Waals surface area contributed by atoms with E-state index >= 15 is 0 Å². The van der Waals surface area contributed by atoms with Crippen LogP contribution in [-0.2, 0) is 6.54 Å². The first-order chi connectivity index (χ1) is 9.61. The average molecular weight is 292 g/mol. The van der Waals surface area contributed by atoms with E-state index in [-0.39, 0.29) is 11.7 Å². The maximum atomic E-state index is 12.1. The van der Waals surface area contributed by atoms with Gasteiger partial charge in [0.25, 0.3) is 5.91 Å². The van der Waals surface area contributed by atoms with Crippen molar-refractivity contribution in [3.05, 3.63) is 28.9 Å². The summed E-state index contributed by atoms with van der Waals surface area (Å²) in [4.78, 5) is 18.6. The van der Waals surface area contributed by atoms with Gasteiger partial charge in [0, 0.05) is 19.8 Å². The molecule has 0 aromatic carbocycles. The fourth-order valence-corrected chi connectivity index (χ4v) is 2.39. The predicted octanol–water partition coefficient (Wildman–Crippen LogP) is 0.901. The molecule has 106 valence electrons. The zero-order chi connectivity index (χ0) is 14.5. The minimum atomic E-state index is -0.249. The van der Waals surface area contributed by atoms with Gasteiger partial charge in [0.2, 0.25) is 0 Å². The summed E-state index contributed by atoms with van der Waals surface area (Å²) >= 11 is 1.28. The van der Waals surface area contributed by atoms with E-state index < -0.39 is 0 Å². The van der Waals surface area contributed by atoms with Crippen molar-refractivity contribution in [3.63, 3.8) is 0 Å². The van der Waals surface area contributed by atoms with Crippen molar-refractivity contribution in [2.24, 2.45) is 0 Å². The molecule has 0 aliphatic heterocycles. The van der Waals surface area contributed by atoms with Gasteiger partial charge in [-0.25, -0.2) is 4.98 Å². The summed E-state index contributed by atoms with van der Waals surface area (Å²) in [5, 5.41) is 11.1. The molecule has 20 heavy (non-hydrogen) atoms. The van der Waals surface area contributed by atoms with Gasteiger partial charge in [0.15, 0.2) is 5.13 Å². The number of nitrogens with zero attached hydrogens (tertiary/aromatic N) is 4. The second-order valence-electron chi connectivity index (χ2n) is 4.12. The van der Waals surface area contributed by atoms with Gasteiger partial charge in [-0.15, -0.1) is 0 Å². The lowest BCUT2D eigenvalue weighted by atomic mass is 10.3.